The smallest absolute Gasteiger partial charge is 0.0451 e. The molecule has 78 valence electrons. The van der Waals surface area contributed by atoms with Gasteiger partial charge in [-0.05, 0) is 25.5 Å². The second-order valence-corrected chi connectivity index (χ2v) is 4.86. The molecule has 0 bridgehead atoms. The average molecular weight is 209 g/mol. The second kappa shape index (κ2) is 6.77. The van der Waals surface area contributed by atoms with Gasteiger partial charge in [-0.1, -0.05) is 26.2 Å². The van der Waals surface area contributed by atoms with Gasteiger partial charge >= 0.3 is 0 Å². The molecule has 0 saturated carbocycles. The highest BCUT2D eigenvalue weighted by Gasteiger charge is 1.91. The van der Waals surface area contributed by atoms with Crippen molar-refractivity contribution in [1.82, 2.24) is 0 Å². The summed E-state index contributed by atoms with van der Waals surface area (Å²) in [6.07, 6.45) is 7.19. The van der Waals surface area contributed by atoms with Crippen LogP contribution in [-0.2, 0) is 0 Å². The predicted octanol–water partition coefficient (Wildman–Crippen LogP) is 4.06. The van der Waals surface area contributed by atoms with Gasteiger partial charge in [0.25, 0.3) is 0 Å². The van der Waals surface area contributed by atoms with Crippen molar-refractivity contribution in [3.63, 3.8) is 0 Å². The van der Waals surface area contributed by atoms with Gasteiger partial charge in [-0.3, -0.25) is 4.99 Å². The lowest BCUT2D eigenvalue weighted by Gasteiger charge is -1.93. The van der Waals surface area contributed by atoms with Gasteiger partial charge in [0.1, 0.15) is 0 Å². The molecule has 2 heteroatoms. The molecule has 1 rings (SSSR count). The number of hydrogen-bond acceptors (Lipinski definition) is 2. The van der Waals surface area contributed by atoms with Crippen LogP contribution in [0.15, 0.2) is 17.1 Å². The number of rotatable bonds is 6. The van der Waals surface area contributed by atoms with E-state index in [1.165, 1.54) is 35.4 Å². The fourth-order valence-electron chi connectivity index (χ4n) is 1.31. The van der Waals surface area contributed by atoms with Crippen molar-refractivity contribution in [2.75, 3.05) is 6.54 Å². The molecule has 0 aliphatic carbocycles. The van der Waals surface area contributed by atoms with E-state index in [4.69, 9.17) is 0 Å². The first-order chi connectivity index (χ1) is 6.83. The number of unbranched alkanes of at least 4 members (excludes halogenated alkanes) is 3. The molecule has 0 amide bonds. The molecule has 1 aromatic rings. The molecule has 0 fully saturated rings. The highest BCUT2D eigenvalue weighted by atomic mass is 32.1. The SMILES string of the molecule is CCCCCCN=Cc1ccc(C)s1. The third-order valence-electron chi connectivity index (χ3n) is 2.12. The van der Waals surface area contributed by atoms with Crippen molar-refractivity contribution >= 4 is 17.6 Å². The monoisotopic (exact) mass is 209 g/mol. The number of thiophene rings is 1. The van der Waals surface area contributed by atoms with Crippen LogP contribution in [0, 0.1) is 6.92 Å². The molecule has 0 saturated heterocycles. The lowest BCUT2D eigenvalue weighted by atomic mass is 10.2. The minimum absolute atomic E-state index is 0.983. The molecule has 1 heterocycles. The van der Waals surface area contributed by atoms with Gasteiger partial charge in [0.05, 0.1) is 0 Å². The van der Waals surface area contributed by atoms with E-state index in [2.05, 4.69) is 31.0 Å². The third-order valence-corrected chi connectivity index (χ3v) is 3.06. The molecule has 0 atom stereocenters. The lowest BCUT2D eigenvalue weighted by molar-refractivity contribution is 0.676. The van der Waals surface area contributed by atoms with Crippen LogP contribution in [0.5, 0.6) is 0 Å². The Morgan fingerprint density at radius 3 is 2.79 bits per heavy atom. The Labute approximate surface area is 90.9 Å². The normalized spacial score (nSPS) is 11.3. The van der Waals surface area contributed by atoms with E-state index in [1.54, 1.807) is 11.3 Å². The van der Waals surface area contributed by atoms with E-state index < -0.39 is 0 Å². The van der Waals surface area contributed by atoms with Crippen LogP contribution in [0.2, 0.25) is 0 Å². The molecule has 1 nitrogen and oxygen atoms in total. The summed E-state index contributed by atoms with van der Waals surface area (Å²) in [4.78, 5) is 7.05. The quantitative estimate of drug-likeness (QED) is 0.495. The first kappa shape index (κ1) is 11.4. The lowest BCUT2D eigenvalue weighted by Crippen LogP contribution is -1.83. The van der Waals surface area contributed by atoms with Crippen molar-refractivity contribution < 1.29 is 0 Å². The van der Waals surface area contributed by atoms with Crippen LogP contribution in [0.4, 0.5) is 0 Å². The van der Waals surface area contributed by atoms with E-state index in [9.17, 15) is 0 Å². The van der Waals surface area contributed by atoms with Crippen LogP contribution >= 0.6 is 11.3 Å². The molecule has 0 N–H and O–H groups in total. The fraction of sp³-hybridized carbons (Fsp3) is 0.583. The summed E-state index contributed by atoms with van der Waals surface area (Å²) in [7, 11) is 0. The van der Waals surface area contributed by atoms with Gasteiger partial charge in [0.2, 0.25) is 0 Å². The van der Waals surface area contributed by atoms with Crippen molar-refractivity contribution in [2.24, 2.45) is 4.99 Å². The van der Waals surface area contributed by atoms with E-state index in [1.807, 2.05) is 6.21 Å². The van der Waals surface area contributed by atoms with Gasteiger partial charge < -0.3 is 0 Å². The van der Waals surface area contributed by atoms with Crippen molar-refractivity contribution in [3.05, 3.63) is 21.9 Å². The molecular weight excluding hydrogens is 190 g/mol. The molecule has 0 radical (unpaired) electrons. The summed E-state index contributed by atoms with van der Waals surface area (Å²) in [5, 5.41) is 0. The Morgan fingerprint density at radius 2 is 2.14 bits per heavy atom. The Bertz CT molecular complexity index is 276. The van der Waals surface area contributed by atoms with E-state index in [0.717, 1.165) is 6.54 Å². The van der Waals surface area contributed by atoms with Gasteiger partial charge in [0, 0.05) is 22.5 Å². The highest BCUT2D eigenvalue weighted by Crippen LogP contribution is 2.12. The summed E-state index contributed by atoms with van der Waals surface area (Å²) < 4.78 is 0. The maximum Gasteiger partial charge on any atom is 0.0451 e. The Hall–Kier alpha value is -0.630. The largest absolute Gasteiger partial charge is 0.292 e. The molecule has 0 spiro atoms. The van der Waals surface area contributed by atoms with Crippen LogP contribution in [-0.4, -0.2) is 12.8 Å². The van der Waals surface area contributed by atoms with Gasteiger partial charge in [0.15, 0.2) is 0 Å². The zero-order chi connectivity index (χ0) is 10.2. The number of hydrogen-bond donors (Lipinski definition) is 0. The van der Waals surface area contributed by atoms with Crippen LogP contribution < -0.4 is 0 Å². The summed E-state index contributed by atoms with van der Waals surface area (Å²) >= 11 is 1.81. The Morgan fingerprint density at radius 1 is 1.29 bits per heavy atom. The number of nitrogens with zero attached hydrogens (tertiary/aromatic N) is 1. The molecule has 1 aromatic heterocycles. The molecular formula is C12H19NS. The van der Waals surface area contributed by atoms with Crippen LogP contribution in [0.3, 0.4) is 0 Å². The Balaban J connectivity index is 2.15. The third kappa shape index (κ3) is 4.56. The molecule has 0 aromatic carbocycles. The standard InChI is InChI=1S/C12H19NS/c1-3-4-5-6-9-13-10-12-8-7-11(2)14-12/h7-8,10H,3-6,9H2,1-2H3. The minimum atomic E-state index is 0.983. The molecule has 14 heavy (non-hydrogen) atoms. The van der Waals surface area contributed by atoms with Gasteiger partial charge in [-0.15, -0.1) is 11.3 Å². The summed E-state index contributed by atoms with van der Waals surface area (Å²) in [6.45, 7) is 5.35. The fourth-order valence-corrected chi connectivity index (χ4v) is 2.08. The predicted molar refractivity (Wildman–Crippen MR) is 65.7 cm³/mol. The van der Waals surface area contributed by atoms with Crippen LogP contribution in [0.1, 0.15) is 42.4 Å². The van der Waals surface area contributed by atoms with Crippen LogP contribution in [0.25, 0.3) is 0 Å². The maximum absolute atomic E-state index is 4.41. The summed E-state index contributed by atoms with van der Waals surface area (Å²) in [5.41, 5.74) is 0. The highest BCUT2D eigenvalue weighted by molar-refractivity contribution is 7.13. The van der Waals surface area contributed by atoms with E-state index in [0.29, 0.717) is 0 Å². The molecule has 0 unspecified atom stereocenters. The van der Waals surface area contributed by atoms with E-state index in [-0.39, 0.29) is 0 Å². The number of aliphatic imine (C=N–C) groups is 1. The number of aryl methyl sites for hydroxylation is 1. The first-order valence-corrected chi connectivity index (χ1v) is 6.21. The van der Waals surface area contributed by atoms with Crippen molar-refractivity contribution in [3.8, 4) is 0 Å². The topological polar surface area (TPSA) is 12.4 Å². The maximum atomic E-state index is 4.41. The molecule has 0 aliphatic rings. The van der Waals surface area contributed by atoms with Crippen molar-refractivity contribution in [1.29, 1.82) is 0 Å². The Kier molecular flexibility index (Phi) is 5.53. The van der Waals surface area contributed by atoms with E-state index >= 15 is 0 Å². The zero-order valence-electron chi connectivity index (χ0n) is 9.12. The van der Waals surface area contributed by atoms with Gasteiger partial charge in [-0.2, -0.15) is 0 Å². The van der Waals surface area contributed by atoms with Gasteiger partial charge in [-0.25, -0.2) is 0 Å². The minimum Gasteiger partial charge on any atom is -0.292 e. The summed E-state index contributed by atoms with van der Waals surface area (Å²) in [5.74, 6) is 0. The first-order valence-electron chi connectivity index (χ1n) is 5.39. The average Bonchev–Trinajstić information content (AvgIpc) is 2.58. The molecule has 0 aliphatic heterocycles. The second-order valence-electron chi connectivity index (χ2n) is 3.54. The zero-order valence-corrected chi connectivity index (χ0v) is 9.94. The summed E-state index contributed by atoms with van der Waals surface area (Å²) in [6, 6.07) is 4.28. The van der Waals surface area contributed by atoms with Crippen molar-refractivity contribution in [2.45, 2.75) is 39.5 Å².